The maximum atomic E-state index is 5.49. The fourth-order valence-electron chi connectivity index (χ4n) is 0.813. The highest BCUT2D eigenvalue weighted by Gasteiger charge is 2.18. The number of thiocarbonyl (C=S) groups is 1. The first-order chi connectivity index (χ1) is 6.43. The van der Waals surface area contributed by atoms with Crippen LogP contribution >= 0.6 is 18.8 Å². The van der Waals surface area contributed by atoms with Crippen LogP contribution in [0.15, 0.2) is 0 Å². The smallest absolute Gasteiger partial charge is 0.225 e. The van der Waals surface area contributed by atoms with Gasteiger partial charge < -0.3 is 14.9 Å². The van der Waals surface area contributed by atoms with Crippen molar-refractivity contribution in [2.45, 2.75) is 26.8 Å². The fourth-order valence-corrected chi connectivity index (χ4v) is 4.22. The van der Waals surface area contributed by atoms with E-state index in [1.165, 1.54) is 0 Å². The molecule has 0 aliphatic heterocycles. The zero-order valence-electron chi connectivity index (χ0n) is 8.96. The standard InChI is InChI=1S/C7H18N3OPS2/c1-5-11-12(14,9-6(2)3)10-7(13)8-4/h6H,5H2,1-4H3,(H3,8,9,10,13,14). The molecule has 4 nitrogen and oxygen atoms in total. The molecule has 0 amide bonds. The van der Waals surface area contributed by atoms with Crippen molar-refractivity contribution in [3.05, 3.63) is 0 Å². The summed E-state index contributed by atoms with van der Waals surface area (Å²) in [6.45, 7) is 4.29. The van der Waals surface area contributed by atoms with Crippen molar-refractivity contribution in [2.24, 2.45) is 0 Å². The molecule has 0 spiro atoms. The predicted octanol–water partition coefficient (Wildman–Crippen LogP) is 1.34. The Hall–Kier alpha value is 0.260. The van der Waals surface area contributed by atoms with E-state index in [2.05, 4.69) is 15.5 Å². The van der Waals surface area contributed by atoms with Crippen molar-refractivity contribution in [3.8, 4) is 0 Å². The van der Waals surface area contributed by atoms with Crippen molar-refractivity contribution in [1.82, 2.24) is 15.5 Å². The van der Waals surface area contributed by atoms with Gasteiger partial charge >= 0.3 is 0 Å². The zero-order chi connectivity index (χ0) is 11.2. The molecule has 0 bridgehead atoms. The summed E-state index contributed by atoms with van der Waals surface area (Å²) < 4.78 is 5.49. The van der Waals surface area contributed by atoms with E-state index >= 15 is 0 Å². The summed E-state index contributed by atoms with van der Waals surface area (Å²) in [6.07, 6.45) is 0. The largest absolute Gasteiger partial charge is 0.366 e. The van der Waals surface area contributed by atoms with Crippen LogP contribution in [0.3, 0.4) is 0 Å². The van der Waals surface area contributed by atoms with Crippen LogP contribution in [-0.4, -0.2) is 24.8 Å². The topological polar surface area (TPSA) is 45.3 Å². The number of nitrogens with one attached hydrogen (secondary N) is 3. The van der Waals surface area contributed by atoms with E-state index in [4.69, 9.17) is 28.5 Å². The predicted molar refractivity (Wildman–Crippen MR) is 69.0 cm³/mol. The maximum Gasteiger partial charge on any atom is 0.225 e. The Kier molecular flexibility index (Phi) is 6.81. The maximum absolute atomic E-state index is 5.49. The van der Waals surface area contributed by atoms with E-state index in [0.717, 1.165) is 0 Å². The highest BCUT2D eigenvalue weighted by Crippen LogP contribution is 2.38. The summed E-state index contributed by atoms with van der Waals surface area (Å²) in [4.78, 5) is 0. The van der Waals surface area contributed by atoms with E-state index < -0.39 is 6.57 Å². The van der Waals surface area contributed by atoms with E-state index in [-0.39, 0.29) is 6.04 Å². The molecule has 1 atom stereocenters. The van der Waals surface area contributed by atoms with Crippen molar-refractivity contribution in [1.29, 1.82) is 0 Å². The molecule has 0 saturated carbocycles. The van der Waals surface area contributed by atoms with Crippen LogP contribution in [0.4, 0.5) is 0 Å². The van der Waals surface area contributed by atoms with Crippen LogP contribution in [0.25, 0.3) is 0 Å². The average molecular weight is 255 g/mol. The van der Waals surface area contributed by atoms with Gasteiger partial charge in [-0.2, -0.15) is 0 Å². The molecule has 84 valence electrons. The van der Waals surface area contributed by atoms with Crippen molar-refractivity contribution < 1.29 is 4.52 Å². The Morgan fingerprint density at radius 3 is 2.43 bits per heavy atom. The summed E-state index contributed by atoms with van der Waals surface area (Å²) >= 11 is 10.3. The monoisotopic (exact) mass is 255 g/mol. The summed E-state index contributed by atoms with van der Waals surface area (Å²) in [6, 6.07) is 0.263. The zero-order valence-corrected chi connectivity index (χ0v) is 11.5. The average Bonchev–Trinajstić information content (AvgIpc) is 2.02. The van der Waals surface area contributed by atoms with E-state index in [0.29, 0.717) is 11.7 Å². The SMILES string of the molecule is CCOP(=S)(NC(=S)NC)NC(C)C. The molecule has 0 aromatic carbocycles. The number of hydrogen-bond donors (Lipinski definition) is 3. The molecular weight excluding hydrogens is 237 g/mol. The summed E-state index contributed by atoms with van der Waals surface area (Å²) in [5, 5.41) is 9.50. The number of rotatable bonds is 5. The van der Waals surface area contributed by atoms with E-state index in [1.807, 2.05) is 20.8 Å². The minimum Gasteiger partial charge on any atom is -0.366 e. The van der Waals surface area contributed by atoms with Crippen LogP contribution in [0.5, 0.6) is 0 Å². The van der Waals surface area contributed by atoms with Crippen molar-refractivity contribution in [2.75, 3.05) is 13.7 Å². The minimum absolute atomic E-state index is 0.263. The van der Waals surface area contributed by atoms with Gasteiger partial charge in [-0.05, 0) is 44.8 Å². The molecule has 3 N–H and O–H groups in total. The number of hydrogen-bond acceptors (Lipinski definition) is 3. The minimum atomic E-state index is -2.22. The summed E-state index contributed by atoms with van der Waals surface area (Å²) in [5.41, 5.74) is 0. The van der Waals surface area contributed by atoms with Gasteiger partial charge in [0.2, 0.25) is 6.57 Å². The third-order valence-electron chi connectivity index (χ3n) is 1.21. The van der Waals surface area contributed by atoms with Gasteiger partial charge in [0, 0.05) is 13.1 Å². The normalized spacial score (nSPS) is 14.9. The lowest BCUT2D eigenvalue weighted by molar-refractivity contribution is 0.363. The van der Waals surface area contributed by atoms with Crippen LogP contribution in [0.1, 0.15) is 20.8 Å². The van der Waals surface area contributed by atoms with Gasteiger partial charge in [-0.3, -0.25) is 0 Å². The summed E-state index contributed by atoms with van der Waals surface area (Å²) in [5.74, 6) is 0. The molecule has 0 radical (unpaired) electrons. The molecule has 0 fully saturated rings. The van der Waals surface area contributed by atoms with Crippen LogP contribution < -0.4 is 15.5 Å². The molecule has 14 heavy (non-hydrogen) atoms. The Morgan fingerprint density at radius 2 is 2.07 bits per heavy atom. The Bertz CT molecular complexity index is 235. The molecule has 0 heterocycles. The highest BCUT2D eigenvalue weighted by molar-refractivity contribution is 8.10. The Balaban J connectivity index is 4.38. The van der Waals surface area contributed by atoms with Gasteiger partial charge in [0.1, 0.15) is 0 Å². The molecule has 7 heteroatoms. The van der Waals surface area contributed by atoms with Gasteiger partial charge in [-0.1, -0.05) is 0 Å². The first-order valence-electron chi connectivity index (χ1n) is 4.46. The molecular formula is C7H18N3OPS2. The second kappa shape index (κ2) is 6.69. The quantitative estimate of drug-likeness (QED) is 0.509. The van der Waals surface area contributed by atoms with Crippen LogP contribution in [0.2, 0.25) is 0 Å². The molecule has 0 aromatic heterocycles. The van der Waals surface area contributed by atoms with Crippen molar-refractivity contribution in [3.63, 3.8) is 0 Å². The van der Waals surface area contributed by atoms with Gasteiger partial charge in [0.05, 0.1) is 6.61 Å². The first kappa shape index (κ1) is 14.3. The molecule has 0 saturated heterocycles. The highest BCUT2D eigenvalue weighted by atomic mass is 32.4. The van der Waals surface area contributed by atoms with Gasteiger partial charge in [0.15, 0.2) is 5.11 Å². The lowest BCUT2D eigenvalue weighted by Gasteiger charge is -2.26. The molecule has 0 aromatic rings. The van der Waals surface area contributed by atoms with E-state index in [1.54, 1.807) is 7.05 Å². The van der Waals surface area contributed by atoms with Crippen LogP contribution in [-0.2, 0) is 16.3 Å². The molecule has 1 unspecified atom stereocenters. The summed E-state index contributed by atoms with van der Waals surface area (Å²) in [7, 11) is 1.75. The van der Waals surface area contributed by atoms with Gasteiger partial charge in [-0.25, -0.2) is 5.09 Å². The molecule has 0 rings (SSSR count). The third kappa shape index (κ3) is 5.88. The Labute approximate surface area is 96.4 Å². The van der Waals surface area contributed by atoms with Crippen LogP contribution in [0, 0.1) is 0 Å². The van der Waals surface area contributed by atoms with Crippen molar-refractivity contribution >= 4 is 35.7 Å². The molecule has 0 aliphatic carbocycles. The first-order valence-corrected chi connectivity index (χ1v) is 7.58. The fraction of sp³-hybridized carbons (Fsp3) is 0.857. The van der Waals surface area contributed by atoms with Gasteiger partial charge in [0.25, 0.3) is 0 Å². The second-order valence-corrected chi connectivity index (χ2v) is 6.74. The Morgan fingerprint density at radius 1 is 1.50 bits per heavy atom. The third-order valence-corrected chi connectivity index (χ3v) is 4.57. The molecule has 0 aliphatic rings. The second-order valence-electron chi connectivity index (χ2n) is 2.94. The van der Waals surface area contributed by atoms with E-state index in [9.17, 15) is 0 Å². The van der Waals surface area contributed by atoms with Gasteiger partial charge in [-0.15, -0.1) is 0 Å². The lowest BCUT2D eigenvalue weighted by atomic mass is 10.4. The lowest BCUT2D eigenvalue weighted by Crippen LogP contribution is -2.37.